The van der Waals surface area contributed by atoms with Gasteiger partial charge in [0.1, 0.15) is 28.5 Å². The molecule has 0 spiro atoms. The largest absolute Gasteiger partial charge is 0.353 e. The second-order valence-electron chi connectivity index (χ2n) is 21.5. The molecule has 0 saturated carbocycles. The molecule has 2 saturated heterocycles. The Balaban J connectivity index is 0.000000167. The van der Waals surface area contributed by atoms with Crippen molar-refractivity contribution in [3.8, 4) is 56.3 Å². The van der Waals surface area contributed by atoms with Crippen LogP contribution >= 0.6 is 0 Å². The molecule has 13 heteroatoms. The lowest BCUT2D eigenvalue weighted by molar-refractivity contribution is 0.334. The third-order valence-electron chi connectivity index (χ3n) is 15.8. The van der Waals surface area contributed by atoms with Gasteiger partial charge < -0.3 is 19.8 Å². The van der Waals surface area contributed by atoms with Crippen LogP contribution in [-0.4, -0.2) is 94.4 Å². The van der Waals surface area contributed by atoms with Crippen molar-refractivity contribution in [1.82, 2.24) is 55.1 Å². The van der Waals surface area contributed by atoms with Gasteiger partial charge in [-0.3, -0.25) is 20.2 Å². The molecule has 13 rings (SSSR count). The SMILES string of the molecule is C=c1c(-c2cc3c(-c4cc(F)cc(CCCN5CCCC5)c4)cccc3[nH]2)n[nH]/c1=C/C=C(\C)c1ccncc1.CC.Cc1cncc(-c2ccc3[nH]nc(-c4cc5c(-c6cc(F)cc(CCCN7CCCC7)c6)cccc5[nH]4)c3n2)c1. The average Bonchev–Trinajstić information content (AvgIpc) is 4.43. The first-order chi connectivity index (χ1) is 40.1. The van der Waals surface area contributed by atoms with Crippen molar-refractivity contribution in [3.63, 3.8) is 0 Å². The van der Waals surface area contributed by atoms with Crippen LogP contribution in [0.1, 0.15) is 81.5 Å². The van der Waals surface area contributed by atoms with Crippen molar-refractivity contribution in [2.45, 2.75) is 79.1 Å². The number of pyridine rings is 3. The zero-order valence-corrected chi connectivity index (χ0v) is 47.4. The second kappa shape index (κ2) is 25.4. The lowest BCUT2D eigenvalue weighted by Crippen LogP contribution is -2.21. The quantitative estimate of drug-likeness (QED) is 0.0803. The van der Waals surface area contributed by atoms with E-state index in [-0.39, 0.29) is 11.6 Å². The number of allylic oxidation sites excluding steroid dienone is 2. The number of nitrogens with zero attached hydrogens (tertiary/aromatic N) is 7. The Morgan fingerprint density at radius 2 is 1.18 bits per heavy atom. The molecule has 416 valence electrons. The highest BCUT2D eigenvalue weighted by molar-refractivity contribution is 6.01. The molecule has 7 aromatic heterocycles. The molecule has 0 radical (unpaired) electrons. The Labute approximate surface area is 478 Å². The lowest BCUT2D eigenvalue weighted by Gasteiger charge is -2.14. The summed E-state index contributed by atoms with van der Waals surface area (Å²) in [5.74, 6) is -0.383. The topological polar surface area (TPSA) is 134 Å². The Morgan fingerprint density at radius 1 is 0.610 bits per heavy atom. The van der Waals surface area contributed by atoms with Crippen molar-refractivity contribution >= 4 is 51.1 Å². The molecule has 4 N–H and O–H groups in total. The van der Waals surface area contributed by atoms with Crippen molar-refractivity contribution in [2.24, 2.45) is 0 Å². The minimum absolute atomic E-state index is 0.191. The highest BCUT2D eigenvalue weighted by Crippen LogP contribution is 2.36. The average molecular weight is 1090 g/mol. The first kappa shape index (κ1) is 55.3. The van der Waals surface area contributed by atoms with Gasteiger partial charge in [0.2, 0.25) is 0 Å². The van der Waals surface area contributed by atoms with E-state index in [2.05, 4.69) is 112 Å². The van der Waals surface area contributed by atoms with Gasteiger partial charge in [0, 0.05) is 57.4 Å². The van der Waals surface area contributed by atoms with Gasteiger partial charge in [0.05, 0.1) is 27.9 Å². The maximum atomic E-state index is 14.8. The maximum absolute atomic E-state index is 14.8. The normalized spacial score (nSPS) is 14.2. The minimum Gasteiger partial charge on any atom is -0.353 e. The molecule has 0 amide bonds. The van der Waals surface area contributed by atoms with Crippen LogP contribution in [0.4, 0.5) is 8.78 Å². The number of aryl methyl sites for hydroxylation is 3. The van der Waals surface area contributed by atoms with Gasteiger partial charge in [0.15, 0.2) is 0 Å². The third kappa shape index (κ3) is 12.6. The molecule has 11 nitrogen and oxygen atoms in total. The summed E-state index contributed by atoms with van der Waals surface area (Å²) in [5.41, 5.74) is 17.9. The number of aromatic nitrogens is 9. The minimum atomic E-state index is -0.193. The number of nitrogens with one attached hydrogen (secondary N) is 4. The third-order valence-corrected chi connectivity index (χ3v) is 15.8. The predicted molar refractivity (Wildman–Crippen MR) is 332 cm³/mol. The van der Waals surface area contributed by atoms with Gasteiger partial charge in [-0.1, -0.05) is 62.9 Å². The van der Waals surface area contributed by atoms with E-state index in [9.17, 15) is 8.78 Å². The predicted octanol–water partition coefficient (Wildman–Crippen LogP) is 14.4. The van der Waals surface area contributed by atoms with E-state index in [1.54, 1.807) is 36.7 Å². The number of aromatic amines is 4. The summed E-state index contributed by atoms with van der Waals surface area (Å²) in [6, 6.07) is 37.4. The highest BCUT2D eigenvalue weighted by Gasteiger charge is 2.19. The summed E-state index contributed by atoms with van der Waals surface area (Å²) < 4.78 is 29.6. The zero-order valence-electron chi connectivity index (χ0n) is 47.4. The molecule has 11 aromatic rings. The molecular formula is C69H71F2N11. The number of hydrogen-bond acceptors (Lipinski definition) is 7. The number of likely N-dealkylation sites (tertiary alicyclic amines) is 2. The van der Waals surface area contributed by atoms with E-state index >= 15 is 0 Å². The molecule has 2 aliphatic heterocycles. The van der Waals surface area contributed by atoms with E-state index < -0.39 is 0 Å². The molecule has 9 heterocycles. The van der Waals surface area contributed by atoms with E-state index in [1.807, 2.05) is 87.8 Å². The van der Waals surface area contributed by atoms with E-state index in [0.717, 1.165) is 166 Å². The van der Waals surface area contributed by atoms with Gasteiger partial charge in [-0.25, -0.2) is 13.8 Å². The monoisotopic (exact) mass is 1090 g/mol. The van der Waals surface area contributed by atoms with Crippen LogP contribution in [0.15, 0.2) is 146 Å². The summed E-state index contributed by atoms with van der Waals surface area (Å²) >= 11 is 0. The highest BCUT2D eigenvalue weighted by atomic mass is 19.1. The first-order valence-electron chi connectivity index (χ1n) is 29.0. The molecule has 0 aliphatic carbocycles. The summed E-state index contributed by atoms with van der Waals surface area (Å²) in [5, 5.41) is 19.2. The van der Waals surface area contributed by atoms with Gasteiger partial charge in [-0.15, -0.1) is 0 Å². The van der Waals surface area contributed by atoms with Crippen LogP contribution in [0.25, 0.3) is 107 Å². The smallest absolute Gasteiger partial charge is 0.135 e. The molecular weight excluding hydrogens is 1020 g/mol. The summed E-state index contributed by atoms with van der Waals surface area (Å²) in [6.07, 6.45) is 20.3. The fourth-order valence-corrected chi connectivity index (χ4v) is 11.6. The number of fused-ring (bicyclic) bond motifs is 3. The molecule has 0 bridgehead atoms. The van der Waals surface area contributed by atoms with Crippen LogP contribution in [0, 0.1) is 18.6 Å². The zero-order chi connectivity index (χ0) is 56.5. The van der Waals surface area contributed by atoms with Crippen molar-refractivity contribution in [3.05, 3.63) is 191 Å². The number of H-pyrrole nitrogens is 4. The standard InChI is InChI=1S/C34H34FN5.C33H31FN6.C2H6/c1-23(26-12-14-36-15-13-26)10-11-31-24(2)34(39-38-31)33-22-30-29(8-5-9-32(30)37-33)27-19-25(20-28(35)21-27)7-6-18-40-16-3-4-17-40;1-21-14-24(20-35-19-21)28-9-10-30-32(37-28)33(39-38-30)31-18-27-26(7-4-8-29(27)36-31)23-15-22(16-25(34)17-23)6-5-13-40-11-2-3-12-40;1-2/h5,8-15,19-22,37-38H,2-4,6-7,16-18H2,1H3;4,7-10,14-20,36H,2-3,5-6,11-13H2,1H3,(H,38,39);1-2H3/b23-10+,31-11+;;. The van der Waals surface area contributed by atoms with Gasteiger partial charge >= 0.3 is 0 Å². The van der Waals surface area contributed by atoms with Crippen molar-refractivity contribution in [1.29, 1.82) is 0 Å². The van der Waals surface area contributed by atoms with E-state index in [1.165, 1.54) is 51.9 Å². The summed E-state index contributed by atoms with van der Waals surface area (Å²) in [4.78, 5) is 25.4. The Bertz CT molecular complexity index is 4140. The van der Waals surface area contributed by atoms with Crippen molar-refractivity contribution in [2.75, 3.05) is 39.3 Å². The Morgan fingerprint density at radius 3 is 1.77 bits per heavy atom. The van der Waals surface area contributed by atoms with Crippen LogP contribution in [-0.2, 0) is 12.8 Å². The molecule has 2 aliphatic rings. The van der Waals surface area contributed by atoms with Crippen molar-refractivity contribution < 1.29 is 8.78 Å². The summed E-state index contributed by atoms with van der Waals surface area (Å²) in [7, 11) is 0. The Kier molecular flexibility index (Phi) is 17.1. The molecule has 0 unspecified atom stereocenters. The Hall–Kier alpha value is -8.65. The second-order valence-corrected chi connectivity index (χ2v) is 21.5. The number of rotatable bonds is 15. The van der Waals surface area contributed by atoms with E-state index in [4.69, 9.17) is 4.98 Å². The number of benzene rings is 4. The van der Waals surface area contributed by atoms with Gasteiger partial charge in [0.25, 0.3) is 0 Å². The van der Waals surface area contributed by atoms with Crippen LogP contribution in [0.3, 0.4) is 0 Å². The maximum Gasteiger partial charge on any atom is 0.135 e. The lowest BCUT2D eigenvalue weighted by atomic mass is 9.98. The van der Waals surface area contributed by atoms with Gasteiger partial charge in [-0.2, -0.15) is 10.2 Å². The molecule has 4 aromatic carbocycles. The van der Waals surface area contributed by atoms with Crippen LogP contribution < -0.4 is 10.6 Å². The van der Waals surface area contributed by atoms with Crippen LogP contribution in [0.5, 0.6) is 0 Å². The summed E-state index contributed by atoms with van der Waals surface area (Å²) in [6.45, 7) is 19.3. The van der Waals surface area contributed by atoms with E-state index in [0.29, 0.717) is 0 Å². The van der Waals surface area contributed by atoms with Crippen LogP contribution in [0.2, 0.25) is 0 Å². The number of halogens is 2. The number of hydrogen-bond donors (Lipinski definition) is 4. The molecule has 0 atom stereocenters. The fourth-order valence-electron chi connectivity index (χ4n) is 11.6. The first-order valence-corrected chi connectivity index (χ1v) is 29.0. The van der Waals surface area contributed by atoms with Gasteiger partial charge in [-0.05, 0) is 240 Å². The fraction of sp³-hybridized carbons (Fsp3) is 0.261. The molecule has 2 fully saturated rings. The molecule has 82 heavy (non-hydrogen) atoms.